The van der Waals surface area contributed by atoms with Gasteiger partial charge in [0.15, 0.2) is 35.3 Å². The van der Waals surface area contributed by atoms with Gasteiger partial charge in [-0.2, -0.15) is 8.42 Å². The summed E-state index contributed by atoms with van der Waals surface area (Å²) in [6.45, 7) is 59.9. The van der Waals surface area contributed by atoms with Crippen LogP contribution in [0.15, 0.2) is 29.2 Å². The van der Waals surface area contributed by atoms with Gasteiger partial charge in [0, 0.05) is 109 Å². The van der Waals surface area contributed by atoms with Gasteiger partial charge in [-0.3, -0.25) is 18.7 Å². The molecule has 30 atom stereocenters. The summed E-state index contributed by atoms with van der Waals surface area (Å²) in [5.74, 6) is 4.45. The molecule has 0 unspecified atom stereocenters. The Hall–Kier alpha value is -2.25. The number of amides is 4. The van der Waals surface area contributed by atoms with Crippen molar-refractivity contribution in [3.63, 3.8) is 0 Å². The second kappa shape index (κ2) is 37.6. The molecule has 10 aliphatic carbocycles. The number of likely N-dealkylation sites (tertiary alicyclic amines) is 2. The van der Waals surface area contributed by atoms with E-state index in [9.17, 15) is 27.6 Å². The van der Waals surface area contributed by atoms with E-state index in [4.69, 9.17) is 50.9 Å². The van der Waals surface area contributed by atoms with Crippen molar-refractivity contribution in [2.24, 2.45) is 113 Å². The van der Waals surface area contributed by atoms with Gasteiger partial charge in [0.25, 0.3) is 16.0 Å². The Kier molecular flexibility index (Phi) is 29.2. The number of hydrogen-bond donors (Lipinski definition) is 3. The molecule has 27 heteroatoms. The number of nitrogens with one attached hydrogen (secondary N) is 3. The number of rotatable bonds is 24. The normalized spacial score (nSPS) is 43.4. The van der Waals surface area contributed by atoms with E-state index in [0.717, 1.165) is 146 Å². The third-order valence-corrected chi connectivity index (χ3v) is 52.0. The van der Waals surface area contributed by atoms with Crippen LogP contribution in [0.5, 0.6) is 0 Å². The fraction of sp³-hybridized carbons (Fsp3) is 0.903. The van der Waals surface area contributed by atoms with Crippen molar-refractivity contribution in [1.29, 1.82) is 0 Å². The van der Waals surface area contributed by atoms with Gasteiger partial charge in [-0.25, -0.2) is 9.59 Å². The maximum atomic E-state index is 13.3. The molecule has 731 valence electrons. The van der Waals surface area contributed by atoms with E-state index >= 15 is 0 Å². The topological polar surface area (TPSA) is 250 Å². The number of aryl methyl sites for hydroxylation is 1. The molecule has 3 N–H and O–H groups in total. The largest absolute Gasteiger partial charge is 0.443 e. The van der Waals surface area contributed by atoms with Gasteiger partial charge in [-0.15, -0.1) is 0 Å². The molecular formula is C103H170N6O17SSi2Y. The zero-order valence-electron chi connectivity index (χ0n) is 83.8. The van der Waals surface area contributed by atoms with Crippen LogP contribution in [0.2, 0.25) is 36.3 Å². The van der Waals surface area contributed by atoms with Crippen LogP contribution in [0.25, 0.3) is 0 Å². The fourth-order valence-corrected chi connectivity index (χ4v) is 40.5. The van der Waals surface area contributed by atoms with Crippen molar-refractivity contribution in [3.05, 3.63) is 29.8 Å². The Morgan fingerprint density at radius 2 is 0.962 bits per heavy atom. The summed E-state index contributed by atoms with van der Waals surface area (Å²) < 4.78 is 98.7. The molecule has 18 aliphatic rings. The van der Waals surface area contributed by atoms with E-state index in [1.807, 2.05) is 16.7 Å². The summed E-state index contributed by atoms with van der Waals surface area (Å²) in [7, 11) is -7.91. The standard InChI is InChI=1S/C48H81N3O7Si.C44H76N2O6Si.C11H13NO4S.Y/c1-11-59(12-2,13-3)58-41-40-38(31(6)27-33(55-40)39(30(4)5)57-43(53)50-23-14-24-50)45(9)20-21-48-29-47(48)19-17-36(44(7,8)34(47)15-16-35(48)46(41,45)10)56-37-28-51(25-26-54-37)32-18-22-49-42(32)52;1-11-53(12-2,13-3)52-38-37-35(29(6)25-30(49-37)36(28(4)5)51-39(47)46-22-14-23-46)41(9)19-20-44-27-43(44)18-17-33(50-34-26-45-21-24-48-34)40(7,8)31(43)15-16-32(44)42(38,41)10;1-8-2-4-9(5-3-8)17(14,15)16-10-6-7-12-11(10)13;/h30-41H,11-29H2,1-10H3,(H,49,52);28-38,45H,11-27H2,1-10H3;2-5,10H,6-7H2,1H3,(H,12,13);/t31-,32-,33-,34+,35+,36+,37+,38+,39-,40+,41+,45-,46-,47-,48+;29-,30-,31+,32+,33+,34+,35+,36-,37+,38+,41-,42-,43-,44+;10-;/m110./s1. The minimum absolute atomic E-state index is 0. The van der Waals surface area contributed by atoms with Gasteiger partial charge in [-0.1, -0.05) is 156 Å². The first-order chi connectivity index (χ1) is 61.2. The van der Waals surface area contributed by atoms with Crippen LogP contribution in [0.3, 0.4) is 0 Å². The van der Waals surface area contributed by atoms with Crippen molar-refractivity contribution in [2.45, 2.75) is 401 Å². The molecule has 1 aromatic rings. The average molecular weight is 1940 g/mol. The van der Waals surface area contributed by atoms with Crippen molar-refractivity contribution in [2.75, 3.05) is 78.7 Å². The molecule has 0 bridgehead atoms. The predicted molar refractivity (Wildman–Crippen MR) is 503 cm³/mol. The first kappa shape index (κ1) is 101. The van der Waals surface area contributed by atoms with E-state index in [-0.39, 0.29) is 186 Å². The van der Waals surface area contributed by atoms with E-state index in [2.05, 4.69) is 159 Å². The van der Waals surface area contributed by atoms with Gasteiger partial charge in [0.05, 0.1) is 79.5 Å². The third kappa shape index (κ3) is 16.5. The van der Waals surface area contributed by atoms with Crippen LogP contribution in [0.1, 0.15) is 272 Å². The quantitative estimate of drug-likeness (QED) is 0.0643. The molecule has 18 fully saturated rings. The number of carbonyl (C=O) groups is 4. The Balaban J connectivity index is 0.000000161. The third-order valence-electron chi connectivity index (χ3n) is 41.4. The first-order valence-electron chi connectivity index (χ1n) is 52.3. The molecule has 10 saturated carbocycles. The summed E-state index contributed by atoms with van der Waals surface area (Å²) in [5.41, 5.74) is 2.84. The average Bonchev–Trinajstić information content (AvgIpc) is 1.46. The van der Waals surface area contributed by atoms with Gasteiger partial charge in [0.1, 0.15) is 12.2 Å². The van der Waals surface area contributed by atoms with Crippen LogP contribution < -0.4 is 16.0 Å². The number of benzene rings is 1. The number of nitrogens with zero attached hydrogens (tertiary/aromatic N) is 3. The Morgan fingerprint density at radius 3 is 1.36 bits per heavy atom. The Labute approximate surface area is 809 Å². The van der Waals surface area contributed by atoms with E-state index in [1.165, 1.54) is 89.2 Å². The molecule has 0 aromatic heterocycles. The molecule has 4 spiro atoms. The van der Waals surface area contributed by atoms with Gasteiger partial charge < -0.3 is 72.5 Å². The van der Waals surface area contributed by atoms with Crippen molar-refractivity contribution < 1.29 is 111 Å². The smallest absolute Gasteiger partial charge is 0.410 e. The maximum absolute atomic E-state index is 13.3. The minimum Gasteiger partial charge on any atom is -0.443 e. The molecule has 1 aromatic carbocycles. The molecule has 19 rings (SSSR count). The number of fused-ring (bicyclic) bond motifs is 8. The van der Waals surface area contributed by atoms with Crippen molar-refractivity contribution >= 4 is 50.8 Å². The molecular weight excluding hydrogens is 1770 g/mol. The van der Waals surface area contributed by atoms with Crippen LogP contribution >= 0.6 is 0 Å². The fourth-order valence-electron chi connectivity index (χ4n) is 33.6. The minimum atomic E-state index is -3.85. The van der Waals surface area contributed by atoms with Crippen LogP contribution in [-0.2, 0) is 103 Å². The number of morpholine rings is 2. The maximum Gasteiger partial charge on any atom is 0.410 e. The van der Waals surface area contributed by atoms with Crippen molar-refractivity contribution in [1.82, 2.24) is 30.7 Å². The number of hydrogen-bond acceptors (Lipinski definition) is 19. The Morgan fingerprint density at radius 1 is 0.531 bits per heavy atom. The second-order valence-electron chi connectivity index (χ2n) is 47.7. The number of carbonyl (C=O) groups excluding carboxylic acids is 4. The summed E-state index contributed by atoms with van der Waals surface area (Å²) in [4.78, 5) is 56.5. The summed E-state index contributed by atoms with van der Waals surface area (Å²) in [6, 6.07) is 13.1. The van der Waals surface area contributed by atoms with Gasteiger partial charge >= 0.3 is 12.2 Å². The molecule has 130 heavy (non-hydrogen) atoms. The Bertz CT molecular complexity index is 4290. The molecule has 4 amide bonds. The van der Waals surface area contributed by atoms with E-state index in [1.54, 1.807) is 12.1 Å². The predicted octanol–water partition coefficient (Wildman–Crippen LogP) is 18.2. The second-order valence-corrected chi connectivity index (χ2v) is 58.7. The van der Waals surface area contributed by atoms with Crippen LogP contribution in [-0.4, -0.2) is 228 Å². The SMILES string of the molecule is CC[Si](CC)(CC)O[C@H]1[C@H]2O[C@@H]([C@H](OC(=O)N3CCC3)C(C)C)C[C@@H](C)[C@@H]2[C@@]2(C)CC[C@@]34C[C@@]35CC[C@H](O[C@H]3CN([C@@H]6CCNC6=O)CCO3)C(C)(C)[C@@H]5CC[C@H]4[C@]12C.CC[Si](CC)(CC)O[C@H]1[C@H]2O[C@@H]([C@H](OC(=O)N3CCC3)C(C)C)C[C@@H](C)[C@@H]2[C@@]2(C)CC[C@@]34C[C@@]35CC[C@H](O[C@H]3CNCCO3)C(C)(C)[C@@H]5CC[C@H]4[C@]12C.Cc1ccc(S(=O)(=O)O[C@H]2CCNC2=O)cc1.[Y]. The molecule has 8 aliphatic heterocycles. The number of ether oxygens (including phenoxy) is 8. The zero-order valence-corrected chi connectivity index (χ0v) is 89.5. The van der Waals surface area contributed by atoms with E-state index in [0.29, 0.717) is 95.1 Å². The zero-order chi connectivity index (χ0) is 92.2. The molecule has 1 radical (unpaired) electrons. The van der Waals surface area contributed by atoms with Crippen molar-refractivity contribution in [3.8, 4) is 0 Å². The monoisotopic (exact) mass is 1940 g/mol. The van der Waals surface area contributed by atoms with Gasteiger partial charge in [-0.05, 0) is 280 Å². The van der Waals surface area contributed by atoms with Gasteiger partial charge in [0.2, 0.25) is 5.91 Å². The molecule has 8 saturated heterocycles. The van der Waals surface area contributed by atoms with Crippen LogP contribution in [0, 0.1) is 120 Å². The molecule has 8 heterocycles. The first-order valence-corrected chi connectivity index (χ1v) is 58.8. The summed E-state index contributed by atoms with van der Waals surface area (Å²) >= 11 is 0. The summed E-state index contributed by atoms with van der Waals surface area (Å²) in [6.07, 6.45) is 21.2. The summed E-state index contributed by atoms with van der Waals surface area (Å²) in [5, 5.41) is 9.04. The molecule has 23 nitrogen and oxygen atoms in total. The van der Waals surface area contributed by atoms with E-state index < -0.39 is 32.9 Å². The van der Waals surface area contributed by atoms with Crippen LogP contribution in [0.4, 0.5) is 9.59 Å².